The Morgan fingerprint density at radius 2 is 1.52 bits per heavy atom. The van der Waals surface area contributed by atoms with Crippen molar-refractivity contribution in [2.75, 3.05) is 13.2 Å². The van der Waals surface area contributed by atoms with Crippen molar-refractivity contribution in [2.45, 2.75) is 60.4 Å². The molecule has 242 valence electrons. The fraction of sp³-hybridized carbons (Fsp3) is 0.519. The van der Waals surface area contributed by atoms with E-state index in [1.807, 2.05) is 13.0 Å². The molecular formula is C27H45N6O8Pd-. The maximum atomic E-state index is 10.4. The van der Waals surface area contributed by atoms with Crippen molar-refractivity contribution < 1.29 is 59.6 Å². The Labute approximate surface area is 261 Å². The molecule has 14 nitrogen and oxygen atoms in total. The number of aromatic nitrogens is 6. The number of hydrogen-bond acceptors (Lipinski definition) is 9. The van der Waals surface area contributed by atoms with Crippen LogP contribution in [0.5, 0.6) is 0 Å². The molecular weight excluding hydrogens is 643 g/mol. The molecule has 0 aliphatic carbocycles. The van der Waals surface area contributed by atoms with Gasteiger partial charge in [0.2, 0.25) is 0 Å². The number of aromatic amines is 1. The Morgan fingerprint density at radius 3 is 1.69 bits per heavy atom. The zero-order valence-corrected chi connectivity index (χ0v) is 25.2. The minimum Gasteiger partial charge on any atom is -0.481 e. The first-order valence-corrected chi connectivity index (χ1v) is 12.4. The van der Waals surface area contributed by atoms with Gasteiger partial charge in [-0.3, -0.25) is 28.8 Å². The molecule has 3 aromatic rings. The predicted octanol–water partition coefficient (Wildman–Crippen LogP) is 3.00. The summed E-state index contributed by atoms with van der Waals surface area (Å²) in [6.45, 7) is 7.39. The number of H-pyrrole nitrogens is 1. The molecule has 42 heavy (non-hydrogen) atoms. The summed E-state index contributed by atoms with van der Waals surface area (Å²) in [5, 5.41) is 39.6. The third-order valence-corrected chi connectivity index (χ3v) is 5.07. The summed E-state index contributed by atoms with van der Waals surface area (Å²) < 4.78 is 12.3. The first kappa shape index (κ1) is 43.1. The summed E-state index contributed by atoms with van der Waals surface area (Å²) in [6, 6.07) is 5.38. The van der Waals surface area contributed by atoms with Crippen molar-refractivity contribution >= 4 is 17.9 Å². The minimum atomic E-state index is -0.791. The number of esters is 1. The molecule has 0 spiro atoms. The third kappa shape index (κ3) is 20.5. The van der Waals surface area contributed by atoms with Crippen molar-refractivity contribution in [3.8, 4) is 0 Å². The molecule has 2 fully saturated rings. The molecule has 15 heteroatoms. The molecule has 2 aliphatic rings. The summed E-state index contributed by atoms with van der Waals surface area (Å²) in [5.74, 6) is -2.23. The SMILES string of the molecule is C.C[C@@H](Cn1cccn1)C(=O)O.C[C@@H](Cn1cccn1)C(=O)O.C[C@H]1COC1=O.OC1CCCO1.[CH3-].[Pd].c1cn[nH]c1. The van der Waals surface area contributed by atoms with Crippen LogP contribution < -0.4 is 0 Å². The Balaban J connectivity index is -0.000000459. The number of carboxylic acid groups (broad SMARTS) is 2. The predicted molar refractivity (Wildman–Crippen MR) is 151 cm³/mol. The summed E-state index contributed by atoms with van der Waals surface area (Å²) >= 11 is 0. The van der Waals surface area contributed by atoms with Gasteiger partial charge in [-0.1, -0.05) is 21.3 Å². The van der Waals surface area contributed by atoms with E-state index in [1.54, 1.807) is 72.5 Å². The molecule has 5 heterocycles. The Morgan fingerprint density at radius 1 is 1.02 bits per heavy atom. The van der Waals surface area contributed by atoms with Crippen molar-refractivity contribution in [1.82, 2.24) is 29.8 Å². The number of nitrogens with zero attached hydrogens (tertiary/aromatic N) is 5. The van der Waals surface area contributed by atoms with Crippen LogP contribution in [0.1, 0.15) is 41.0 Å². The van der Waals surface area contributed by atoms with Crippen LogP contribution in [0.15, 0.2) is 55.4 Å². The Hall–Kier alpha value is -3.38. The smallest absolute Gasteiger partial charge is 0.312 e. The number of nitrogens with one attached hydrogen (secondary N) is 1. The van der Waals surface area contributed by atoms with Crippen molar-refractivity contribution in [2.24, 2.45) is 17.8 Å². The zero-order chi connectivity index (χ0) is 29.0. The minimum absolute atomic E-state index is 0. The van der Waals surface area contributed by atoms with Crippen LogP contribution in [0, 0.1) is 25.2 Å². The van der Waals surface area contributed by atoms with Crippen LogP contribution in [0.3, 0.4) is 0 Å². The van der Waals surface area contributed by atoms with E-state index < -0.39 is 18.2 Å². The molecule has 0 bridgehead atoms. The second kappa shape index (κ2) is 25.3. The second-order valence-electron chi connectivity index (χ2n) is 8.70. The third-order valence-electron chi connectivity index (χ3n) is 5.07. The number of cyclic esters (lactones) is 1. The molecule has 0 saturated carbocycles. The number of hydrogen-bond donors (Lipinski definition) is 4. The normalized spacial score (nSPS) is 17.1. The largest absolute Gasteiger partial charge is 0.481 e. The van der Waals surface area contributed by atoms with E-state index in [2.05, 4.69) is 25.1 Å². The molecule has 5 rings (SSSR count). The maximum absolute atomic E-state index is 10.4. The molecule has 3 aromatic heterocycles. The molecule has 4 N–H and O–H groups in total. The number of rotatable bonds is 6. The maximum Gasteiger partial charge on any atom is 0.312 e. The zero-order valence-electron chi connectivity index (χ0n) is 23.7. The summed E-state index contributed by atoms with van der Waals surface area (Å²) in [7, 11) is 0. The number of carbonyl (C=O) groups excluding carboxylic acids is 1. The summed E-state index contributed by atoms with van der Waals surface area (Å²) in [5.41, 5.74) is 0. The second-order valence-corrected chi connectivity index (χ2v) is 8.70. The standard InChI is InChI=1S/2C7H10N2O2.C4H6O2.C4H8O2.C3H4N2.CH4.CH3.Pd/c2*1-6(7(10)11)5-9-4-2-3-8-9;1-3-2-6-4(3)5;5-4-2-1-3-6-4;1-2-4-5-3-1;;;/h2*2-4,6H,5H2,1H3,(H,10,11);3H,2H2,1H3;4-5H,1-3H2;1-3H,(H,4,5);1H4;1H3;/q;;;;;;-1;/t2*6-;3-;;;;;/m000...../s1. The molecule has 0 amide bonds. The van der Waals surface area contributed by atoms with Gasteiger partial charge in [0.15, 0.2) is 6.29 Å². The average molecular weight is 688 g/mol. The molecule has 0 radical (unpaired) electrons. The topological polar surface area (TPSA) is 195 Å². The van der Waals surface area contributed by atoms with Crippen LogP contribution in [0.4, 0.5) is 0 Å². The van der Waals surface area contributed by atoms with Gasteiger partial charge < -0.3 is 32.2 Å². The molecule has 0 aromatic carbocycles. The number of carbonyl (C=O) groups is 3. The Kier molecular flexibility index (Phi) is 26.0. The van der Waals surface area contributed by atoms with E-state index in [1.165, 1.54) is 0 Å². The fourth-order valence-electron chi connectivity index (χ4n) is 2.63. The van der Waals surface area contributed by atoms with E-state index in [4.69, 9.17) is 20.1 Å². The first-order valence-electron chi connectivity index (χ1n) is 12.4. The van der Waals surface area contributed by atoms with Gasteiger partial charge in [-0.05, 0) is 31.5 Å². The van der Waals surface area contributed by atoms with Gasteiger partial charge in [-0.15, -0.1) is 0 Å². The van der Waals surface area contributed by atoms with Crippen molar-refractivity contribution in [3.05, 3.63) is 62.8 Å². The molecule has 2 aliphatic heterocycles. The number of ether oxygens (including phenoxy) is 2. The summed E-state index contributed by atoms with van der Waals surface area (Å²) in [4.78, 5) is 30.8. The van der Waals surface area contributed by atoms with Crippen molar-refractivity contribution in [3.63, 3.8) is 0 Å². The van der Waals surface area contributed by atoms with Crippen LogP contribution in [-0.2, 0) is 57.4 Å². The number of carboxylic acids is 2. The number of aliphatic hydroxyl groups excluding tert-OH is 1. The van der Waals surface area contributed by atoms with E-state index in [0.717, 1.165) is 19.4 Å². The molecule has 1 unspecified atom stereocenters. The van der Waals surface area contributed by atoms with Crippen LogP contribution in [0.2, 0.25) is 0 Å². The Bertz CT molecular complexity index is 960. The monoisotopic (exact) mass is 687 g/mol. The van der Waals surface area contributed by atoms with E-state index >= 15 is 0 Å². The van der Waals surface area contributed by atoms with Crippen LogP contribution >= 0.6 is 0 Å². The van der Waals surface area contributed by atoms with Gasteiger partial charge in [0.05, 0.1) is 30.8 Å². The van der Waals surface area contributed by atoms with Crippen LogP contribution in [-0.4, -0.2) is 82.5 Å². The fourth-order valence-corrected chi connectivity index (χ4v) is 2.63. The van der Waals surface area contributed by atoms with Gasteiger partial charge in [0, 0.05) is 70.6 Å². The summed E-state index contributed by atoms with van der Waals surface area (Å²) in [6.07, 6.45) is 11.6. The van der Waals surface area contributed by atoms with Gasteiger partial charge in [0.1, 0.15) is 6.61 Å². The van der Waals surface area contributed by atoms with Crippen LogP contribution in [0.25, 0.3) is 0 Å². The number of aliphatic carboxylic acids is 2. The molecule has 4 atom stereocenters. The average Bonchev–Trinajstić information content (AvgIpc) is 3.73. The first-order chi connectivity index (χ1) is 18.6. The van der Waals surface area contributed by atoms with Gasteiger partial charge in [0.25, 0.3) is 0 Å². The quantitative estimate of drug-likeness (QED) is 0.169. The van der Waals surface area contributed by atoms with E-state index in [0.29, 0.717) is 19.7 Å². The van der Waals surface area contributed by atoms with E-state index in [-0.39, 0.29) is 59.0 Å². The van der Waals surface area contributed by atoms with E-state index in [9.17, 15) is 14.4 Å². The van der Waals surface area contributed by atoms with Gasteiger partial charge >= 0.3 is 17.9 Å². The number of aliphatic hydroxyl groups is 1. The van der Waals surface area contributed by atoms with Gasteiger partial charge in [-0.2, -0.15) is 15.3 Å². The van der Waals surface area contributed by atoms with Crippen molar-refractivity contribution in [1.29, 1.82) is 0 Å². The molecule has 2 saturated heterocycles. The van der Waals surface area contributed by atoms with Gasteiger partial charge in [-0.25, -0.2) is 0 Å².